The molecule has 0 saturated heterocycles. The van der Waals surface area contributed by atoms with Crippen LogP contribution in [0.5, 0.6) is 0 Å². The summed E-state index contributed by atoms with van der Waals surface area (Å²) in [5.41, 5.74) is 3.09. The maximum absolute atomic E-state index is 4.55. The minimum absolute atomic E-state index is 0.759. The second kappa shape index (κ2) is 3.02. The van der Waals surface area contributed by atoms with Crippen LogP contribution in [0.1, 0.15) is 12.7 Å². The van der Waals surface area contributed by atoms with E-state index in [-0.39, 0.29) is 0 Å². The van der Waals surface area contributed by atoms with Gasteiger partial charge < -0.3 is 0 Å². The van der Waals surface area contributed by atoms with Crippen molar-refractivity contribution in [2.24, 2.45) is 4.99 Å². The highest BCUT2D eigenvalue weighted by Gasteiger charge is 2.14. The molecule has 0 spiro atoms. The van der Waals surface area contributed by atoms with Gasteiger partial charge in [-0.25, -0.2) is 0 Å². The van der Waals surface area contributed by atoms with Crippen molar-refractivity contribution in [3.05, 3.63) is 36.4 Å². The lowest BCUT2D eigenvalue weighted by atomic mass is 10.2. The fourth-order valence-electron chi connectivity index (χ4n) is 1.82. The van der Waals surface area contributed by atoms with Crippen LogP contribution in [0.25, 0.3) is 5.69 Å². The Hall–Kier alpha value is -1.97. The van der Waals surface area contributed by atoms with Gasteiger partial charge in [-0.15, -0.1) is 10.2 Å². The standard InChI is InChI=1S/C11H10N4/c1-8-6-11-14-12-7-15(11)10-5-3-2-4-9(10)13-8/h2-5,7H,6H2,1H3. The van der Waals surface area contributed by atoms with Crippen molar-refractivity contribution in [1.29, 1.82) is 0 Å². The molecule has 2 aromatic rings. The fourth-order valence-corrected chi connectivity index (χ4v) is 1.82. The first kappa shape index (κ1) is 8.35. The molecule has 0 saturated carbocycles. The summed E-state index contributed by atoms with van der Waals surface area (Å²) >= 11 is 0. The van der Waals surface area contributed by atoms with Gasteiger partial charge in [-0.1, -0.05) is 12.1 Å². The predicted molar refractivity (Wildman–Crippen MR) is 57.8 cm³/mol. The van der Waals surface area contributed by atoms with Crippen molar-refractivity contribution in [3.8, 4) is 5.69 Å². The van der Waals surface area contributed by atoms with Crippen LogP contribution >= 0.6 is 0 Å². The van der Waals surface area contributed by atoms with Crippen molar-refractivity contribution in [1.82, 2.24) is 14.8 Å². The van der Waals surface area contributed by atoms with Gasteiger partial charge in [0.2, 0.25) is 0 Å². The predicted octanol–water partition coefficient (Wildman–Crippen LogP) is 1.92. The van der Waals surface area contributed by atoms with Crippen LogP contribution in [0.2, 0.25) is 0 Å². The van der Waals surface area contributed by atoms with Gasteiger partial charge in [0.15, 0.2) is 0 Å². The number of hydrogen-bond acceptors (Lipinski definition) is 3. The lowest BCUT2D eigenvalue weighted by Crippen LogP contribution is -2.02. The van der Waals surface area contributed by atoms with Crippen molar-refractivity contribution < 1.29 is 0 Å². The summed E-state index contributed by atoms with van der Waals surface area (Å²) in [5, 5.41) is 8.03. The Labute approximate surface area is 87.3 Å². The van der Waals surface area contributed by atoms with Crippen molar-refractivity contribution in [2.45, 2.75) is 13.3 Å². The lowest BCUT2D eigenvalue weighted by Gasteiger charge is -2.04. The molecule has 0 N–H and O–H groups in total. The van der Waals surface area contributed by atoms with Crippen LogP contribution in [-0.2, 0) is 6.42 Å². The molecule has 4 heteroatoms. The van der Waals surface area contributed by atoms with Crippen LogP contribution in [0.3, 0.4) is 0 Å². The zero-order valence-electron chi connectivity index (χ0n) is 8.38. The Morgan fingerprint density at radius 2 is 2.13 bits per heavy atom. The summed E-state index contributed by atoms with van der Waals surface area (Å²) < 4.78 is 2.00. The highest BCUT2D eigenvalue weighted by molar-refractivity contribution is 5.88. The quantitative estimate of drug-likeness (QED) is 0.649. The molecule has 4 nitrogen and oxygen atoms in total. The second-order valence-corrected chi connectivity index (χ2v) is 3.63. The van der Waals surface area contributed by atoms with E-state index in [1.807, 2.05) is 35.8 Å². The molecule has 1 aromatic heterocycles. The van der Waals surface area contributed by atoms with E-state index in [1.165, 1.54) is 0 Å². The van der Waals surface area contributed by atoms with Crippen LogP contribution in [0.4, 0.5) is 5.69 Å². The maximum Gasteiger partial charge on any atom is 0.143 e. The highest BCUT2D eigenvalue weighted by Crippen LogP contribution is 2.26. The van der Waals surface area contributed by atoms with Crippen molar-refractivity contribution in [2.75, 3.05) is 0 Å². The summed E-state index contributed by atoms with van der Waals surface area (Å²) in [5.74, 6) is 0.946. The lowest BCUT2D eigenvalue weighted by molar-refractivity contribution is 0.945. The minimum Gasteiger partial charge on any atom is -0.283 e. The van der Waals surface area contributed by atoms with Crippen molar-refractivity contribution in [3.63, 3.8) is 0 Å². The molecule has 1 aliphatic rings. The number of nitrogens with zero attached hydrogens (tertiary/aromatic N) is 4. The number of para-hydroxylation sites is 2. The second-order valence-electron chi connectivity index (χ2n) is 3.63. The van der Waals surface area contributed by atoms with Gasteiger partial charge in [-0.3, -0.25) is 9.56 Å². The Morgan fingerprint density at radius 3 is 3.07 bits per heavy atom. The third-order valence-electron chi connectivity index (χ3n) is 2.48. The fraction of sp³-hybridized carbons (Fsp3) is 0.182. The van der Waals surface area contributed by atoms with Crippen molar-refractivity contribution >= 4 is 11.4 Å². The molecule has 74 valence electrons. The van der Waals surface area contributed by atoms with Crippen LogP contribution in [0, 0.1) is 0 Å². The molecule has 15 heavy (non-hydrogen) atoms. The Morgan fingerprint density at radius 1 is 1.27 bits per heavy atom. The molecule has 0 radical (unpaired) electrons. The van der Waals surface area contributed by atoms with E-state index < -0.39 is 0 Å². The van der Waals surface area contributed by atoms with Gasteiger partial charge in [-0.05, 0) is 19.1 Å². The van der Waals surface area contributed by atoms with E-state index in [4.69, 9.17) is 0 Å². The van der Waals surface area contributed by atoms with Crippen LogP contribution in [0.15, 0.2) is 35.6 Å². The smallest absolute Gasteiger partial charge is 0.143 e. The van der Waals surface area contributed by atoms with E-state index in [9.17, 15) is 0 Å². The SMILES string of the molecule is CC1=Nc2ccccc2-n2cnnc2C1. The van der Waals surface area contributed by atoms with E-state index in [0.717, 1.165) is 29.3 Å². The summed E-state index contributed by atoms with van der Waals surface area (Å²) in [7, 11) is 0. The Bertz CT molecular complexity index is 539. The monoisotopic (exact) mass is 198 g/mol. The third-order valence-corrected chi connectivity index (χ3v) is 2.48. The van der Waals surface area contributed by atoms with Gasteiger partial charge in [0.25, 0.3) is 0 Å². The molecule has 2 heterocycles. The molecule has 0 amide bonds. The largest absolute Gasteiger partial charge is 0.283 e. The maximum atomic E-state index is 4.55. The zero-order valence-corrected chi connectivity index (χ0v) is 8.38. The summed E-state index contributed by atoms with van der Waals surface area (Å²) in [4.78, 5) is 4.55. The van der Waals surface area contributed by atoms with Gasteiger partial charge in [0.05, 0.1) is 11.4 Å². The average Bonchev–Trinajstić information content (AvgIpc) is 2.62. The Kier molecular flexibility index (Phi) is 1.68. The number of fused-ring (bicyclic) bond motifs is 3. The molecule has 3 rings (SSSR count). The molecule has 0 fully saturated rings. The third kappa shape index (κ3) is 1.26. The molecule has 0 aliphatic carbocycles. The first-order valence-corrected chi connectivity index (χ1v) is 4.87. The number of rotatable bonds is 0. The molecule has 0 atom stereocenters. The molecule has 0 unspecified atom stereocenters. The Balaban J connectivity index is 2.34. The minimum atomic E-state index is 0.759. The van der Waals surface area contributed by atoms with Crippen LogP contribution in [-0.4, -0.2) is 20.5 Å². The number of aliphatic imine (C=N–C) groups is 1. The number of aromatic nitrogens is 3. The van der Waals surface area contributed by atoms with Gasteiger partial charge >= 0.3 is 0 Å². The molecular weight excluding hydrogens is 188 g/mol. The van der Waals surface area contributed by atoms with E-state index in [0.29, 0.717) is 0 Å². The highest BCUT2D eigenvalue weighted by atomic mass is 15.3. The first-order chi connectivity index (χ1) is 7.34. The van der Waals surface area contributed by atoms with E-state index >= 15 is 0 Å². The normalized spacial score (nSPS) is 13.8. The summed E-state index contributed by atoms with van der Waals surface area (Å²) in [6.45, 7) is 2.02. The summed E-state index contributed by atoms with van der Waals surface area (Å²) in [6, 6.07) is 8.03. The number of hydrogen-bond donors (Lipinski definition) is 0. The zero-order chi connectivity index (χ0) is 10.3. The summed E-state index contributed by atoms with van der Waals surface area (Å²) in [6.07, 6.45) is 2.50. The number of benzene rings is 1. The average molecular weight is 198 g/mol. The molecule has 1 aromatic carbocycles. The van der Waals surface area contributed by atoms with Gasteiger partial charge in [-0.2, -0.15) is 0 Å². The van der Waals surface area contributed by atoms with Gasteiger partial charge in [0.1, 0.15) is 12.2 Å². The van der Waals surface area contributed by atoms with Crippen LogP contribution < -0.4 is 0 Å². The molecule has 0 bridgehead atoms. The molecule has 1 aliphatic heterocycles. The van der Waals surface area contributed by atoms with Gasteiger partial charge in [0, 0.05) is 12.1 Å². The first-order valence-electron chi connectivity index (χ1n) is 4.87. The van der Waals surface area contributed by atoms with E-state index in [1.54, 1.807) is 6.33 Å². The topological polar surface area (TPSA) is 43.1 Å². The molecular formula is C11H10N4. The van der Waals surface area contributed by atoms with E-state index in [2.05, 4.69) is 15.2 Å².